The summed E-state index contributed by atoms with van der Waals surface area (Å²) in [6.07, 6.45) is 7.45. The van der Waals surface area contributed by atoms with Crippen molar-refractivity contribution in [3.63, 3.8) is 0 Å². The fourth-order valence-electron chi connectivity index (χ4n) is 1.66. The maximum absolute atomic E-state index is 9.54. The number of hydrogen-bond donors (Lipinski definition) is 1. The summed E-state index contributed by atoms with van der Waals surface area (Å²) in [5.74, 6) is 0. The van der Waals surface area contributed by atoms with Gasteiger partial charge in [0.25, 0.3) is 0 Å². The van der Waals surface area contributed by atoms with Crippen molar-refractivity contribution in [2.75, 3.05) is 6.61 Å². The van der Waals surface area contributed by atoms with Gasteiger partial charge in [0.2, 0.25) is 0 Å². The molecule has 1 heterocycles. The first-order valence-electron chi connectivity index (χ1n) is 5.36. The molecule has 2 nitrogen and oxygen atoms in total. The lowest BCUT2D eigenvalue weighted by molar-refractivity contribution is 0.00423. The van der Waals surface area contributed by atoms with Crippen LogP contribution in [-0.2, 0) is 4.74 Å². The van der Waals surface area contributed by atoms with Crippen LogP contribution in [0.25, 0.3) is 0 Å². The number of hydrogen-bond acceptors (Lipinski definition) is 2. The van der Waals surface area contributed by atoms with Gasteiger partial charge in [-0.25, -0.2) is 0 Å². The maximum atomic E-state index is 9.54. The number of aliphatic hydroxyl groups excluding tert-OH is 1. The summed E-state index contributed by atoms with van der Waals surface area (Å²) in [7, 11) is 5.65. The molecule has 0 aromatic carbocycles. The molecule has 0 bridgehead atoms. The predicted molar refractivity (Wildman–Crippen MR) is 53.8 cm³/mol. The van der Waals surface area contributed by atoms with Gasteiger partial charge >= 0.3 is 0 Å². The Morgan fingerprint density at radius 1 is 1.00 bits per heavy atom. The third-order valence-electron chi connectivity index (χ3n) is 2.58. The molecule has 1 aliphatic heterocycles. The van der Waals surface area contributed by atoms with Crippen LogP contribution in [-0.4, -0.2) is 31.7 Å². The molecule has 1 N–H and O–H groups in total. The van der Waals surface area contributed by atoms with E-state index in [0.717, 1.165) is 19.3 Å². The van der Waals surface area contributed by atoms with E-state index in [0.29, 0.717) is 6.61 Å². The van der Waals surface area contributed by atoms with Gasteiger partial charge in [-0.2, -0.15) is 0 Å². The van der Waals surface area contributed by atoms with Gasteiger partial charge in [0, 0.05) is 12.6 Å². The lowest BCUT2D eigenvalue weighted by Gasteiger charge is -2.19. The largest absolute Gasteiger partial charge is 0.391 e. The summed E-state index contributed by atoms with van der Waals surface area (Å²) in [5, 5.41) is 9.54. The molecule has 0 saturated carbocycles. The maximum Gasteiger partial charge on any atom is 0.112 e. The van der Waals surface area contributed by atoms with Crippen LogP contribution in [0.4, 0.5) is 0 Å². The minimum Gasteiger partial charge on any atom is -0.391 e. The topological polar surface area (TPSA) is 29.5 Å². The zero-order valence-electron chi connectivity index (χ0n) is 8.24. The summed E-state index contributed by atoms with van der Waals surface area (Å²) in [6.45, 7) is 0.693. The Hall–Kier alpha value is -0.0151. The molecule has 1 aliphatic rings. The molecule has 74 valence electrons. The molecule has 2 atom stereocenters. The van der Waals surface area contributed by atoms with E-state index in [1.807, 2.05) is 0 Å². The first-order chi connectivity index (χ1) is 6.30. The van der Waals surface area contributed by atoms with Crippen molar-refractivity contribution in [3.05, 3.63) is 0 Å². The molecule has 2 radical (unpaired) electrons. The fourth-order valence-corrected chi connectivity index (χ4v) is 1.66. The first-order valence-corrected chi connectivity index (χ1v) is 5.36. The van der Waals surface area contributed by atoms with Crippen LogP contribution in [0.2, 0.25) is 0 Å². The van der Waals surface area contributed by atoms with E-state index >= 15 is 0 Å². The van der Waals surface area contributed by atoms with Crippen LogP contribution in [0.1, 0.15) is 44.9 Å². The lowest BCUT2D eigenvalue weighted by atomic mass is 9.91. The molecule has 0 amide bonds. The highest BCUT2D eigenvalue weighted by molar-refractivity contribution is 6.11. The van der Waals surface area contributed by atoms with Crippen LogP contribution in [0.3, 0.4) is 0 Å². The molecule has 13 heavy (non-hydrogen) atoms. The minimum atomic E-state index is -0.474. The molecule has 1 rings (SSSR count). The Bertz CT molecular complexity index is 116. The monoisotopic (exact) mass is 182 g/mol. The van der Waals surface area contributed by atoms with Crippen LogP contribution < -0.4 is 0 Å². The molecule has 3 heteroatoms. The van der Waals surface area contributed by atoms with Crippen LogP contribution in [0, 0.1) is 0 Å². The highest BCUT2D eigenvalue weighted by atomic mass is 16.5. The SMILES string of the molecule is [B]C1OCCCCCCCCC1O. The molecule has 0 aromatic rings. The van der Waals surface area contributed by atoms with E-state index in [-0.39, 0.29) is 0 Å². The van der Waals surface area contributed by atoms with Gasteiger partial charge in [-0.1, -0.05) is 32.1 Å². The normalized spacial score (nSPS) is 33.6. The van der Waals surface area contributed by atoms with E-state index in [1.165, 1.54) is 25.7 Å². The van der Waals surface area contributed by atoms with Crippen molar-refractivity contribution in [1.29, 1.82) is 0 Å². The third-order valence-corrected chi connectivity index (χ3v) is 2.58. The minimum absolute atomic E-state index is 0.474. The molecule has 1 fully saturated rings. The molecule has 2 unspecified atom stereocenters. The summed E-state index contributed by atoms with van der Waals surface area (Å²) in [6, 6.07) is -0.474. The van der Waals surface area contributed by atoms with E-state index < -0.39 is 12.1 Å². The second-order valence-corrected chi connectivity index (χ2v) is 3.81. The van der Waals surface area contributed by atoms with E-state index in [1.54, 1.807) is 0 Å². The standard InChI is InChI=1S/C10H19BO2/c11-10-9(12)7-5-3-1-2-4-6-8-13-10/h9-10,12H,1-8H2. The smallest absolute Gasteiger partial charge is 0.112 e. The van der Waals surface area contributed by atoms with Gasteiger partial charge in [-0.3, -0.25) is 0 Å². The molecule has 0 aromatic heterocycles. The van der Waals surface area contributed by atoms with Crippen molar-refractivity contribution in [2.45, 2.75) is 57.1 Å². The number of rotatable bonds is 0. The lowest BCUT2D eigenvalue weighted by Crippen LogP contribution is -2.29. The second-order valence-electron chi connectivity index (χ2n) is 3.81. The zero-order chi connectivity index (χ0) is 9.52. The Balaban J connectivity index is 2.26. The van der Waals surface area contributed by atoms with Gasteiger partial charge in [-0.05, 0) is 12.8 Å². The Kier molecular flexibility index (Phi) is 5.48. The van der Waals surface area contributed by atoms with E-state index in [4.69, 9.17) is 12.6 Å². The second kappa shape index (κ2) is 6.44. The van der Waals surface area contributed by atoms with Crippen molar-refractivity contribution in [2.24, 2.45) is 0 Å². The number of ether oxygens (including phenoxy) is 1. The van der Waals surface area contributed by atoms with Gasteiger partial charge in [0.1, 0.15) is 7.85 Å². The molecular formula is C10H19BO2. The molecule has 0 spiro atoms. The van der Waals surface area contributed by atoms with Gasteiger partial charge in [-0.15, -0.1) is 0 Å². The zero-order valence-corrected chi connectivity index (χ0v) is 8.24. The van der Waals surface area contributed by atoms with Crippen molar-refractivity contribution in [3.8, 4) is 0 Å². The summed E-state index contributed by atoms with van der Waals surface area (Å²) >= 11 is 0. The van der Waals surface area contributed by atoms with Crippen molar-refractivity contribution in [1.82, 2.24) is 0 Å². The highest BCUT2D eigenvalue weighted by Gasteiger charge is 2.13. The first kappa shape index (κ1) is 11.1. The quantitative estimate of drug-likeness (QED) is 0.576. The Morgan fingerprint density at radius 2 is 1.62 bits per heavy atom. The fraction of sp³-hybridized carbons (Fsp3) is 1.00. The summed E-state index contributed by atoms with van der Waals surface area (Å²) < 4.78 is 5.31. The Morgan fingerprint density at radius 3 is 2.38 bits per heavy atom. The van der Waals surface area contributed by atoms with Gasteiger partial charge in [0.05, 0.1) is 6.10 Å². The van der Waals surface area contributed by atoms with E-state index in [2.05, 4.69) is 0 Å². The van der Waals surface area contributed by atoms with Crippen LogP contribution in [0.15, 0.2) is 0 Å². The van der Waals surface area contributed by atoms with Crippen molar-refractivity contribution < 1.29 is 9.84 Å². The molecule has 0 aliphatic carbocycles. The van der Waals surface area contributed by atoms with Crippen LogP contribution in [0.5, 0.6) is 0 Å². The summed E-state index contributed by atoms with van der Waals surface area (Å²) in [4.78, 5) is 0. The molecule has 1 saturated heterocycles. The average Bonchev–Trinajstić information content (AvgIpc) is 2.16. The molecular weight excluding hydrogens is 163 g/mol. The predicted octanol–water partition coefficient (Wildman–Crippen LogP) is 1.60. The van der Waals surface area contributed by atoms with E-state index in [9.17, 15) is 5.11 Å². The van der Waals surface area contributed by atoms with Gasteiger partial charge in [0.15, 0.2) is 0 Å². The number of aliphatic hydroxyl groups is 1. The third kappa shape index (κ3) is 4.68. The van der Waals surface area contributed by atoms with Crippen molar-refractivity contribution >= 4 is 7.85 Å². The van der Waals surface area contributed by atoms with Gasteiger partial charge < -0.3 is 9.84 Å². The van der Waals surface area contributed by atoms with Crippen LogP contribution >= 0.6 is 0 Å². The average molecular weight is 182 g/mol. The summed E-state index contributed by atoms with van der Waals surface area (Å²) in [5.41, 5.74) is 0. The Labute approximate surface area is 82.1 Å². The highest BCUT2D eigenvalue weighted by Crippen LogP contribution is 2.13.